The van der Waals surface area contributed by atoms with Gasteiger partial charge in [0.25, 0.3) is 10.0 Å². The molecule has 4 aromatic rings. The van der Waals surface area contributed by atoms with Crippen molar-refractivity contribution in [3.8, 4) is 0 Å². The second-order valence-corrected chi connectivity index (χ2v) is 11.6. The van der Waals surface area contributed by atoms with Crippen LogP contribution in [0.25, 0.3) is 10.9 Å². The van der Waals surface area contributed by atoms with E-state index in [0.29, 0.717) is 22.5 Å². The van der Waals surface area contributed by atoms with Crippen LogP contribution < -0.4 is 4.72 Å². The van der Waals surface area contributed by atoms with Crippen LogP contribution in [0.4, 0.5) is 0 Å². The van der Waals surface area contributed by atoms with Gasteiger partial charge in [-0.2, -0.15) is 0 Å². The molecule has 8 nitrogen and oxygen atoms in total. The van der Waals surface area contributed by atoms with E-state index in [1.54, 1.807) is 79.7 Å². The maximum absolute atomic E-state index is 13.7. The summed E-state index contributed by atoms with van der Waals surface area (Å²) in [4.78, 5) is 5.26. The molecule has 182 valence electrons. The van der Waals surface area contributed by atoms with Crippen molar-refractivity contribution in [2.75, 3.05) is 13.4 Å². The Bertz CT molecular complexity index is 1590. The summed E-state index contributed by atoms with van der Waals surface area (Å²) in [5, 5.41) is 4.91. The van der Waals surface area contributed by atoms with Gasteiger partial charge in [-0.3, -0.25) is 0 Å². The van der Waals surface area contributed by atoms with Crippen LogP contribution in [0.15, 0.2) is 95.0 Å². The molecule has 0 saturated carbocycles. The summed E-state index contributed by atoms with van der Waals surface area (Å²) in [5.74, 6) is 0. The van der Waals surface area contributed by atoms with Gasteiger partial charge in [-0.15, -0.1) is 0 Å². The van der Waals surface area contributed by atoms with E-state index in [9.17, 15) is 16.8 Å². The summed E-state index contributed by atoms with van der Waals surface area (Å²) in [6.07, 6.45) is 1.10. The molecule has 4 rings (SSSR count). The fourth-order valence-corrected chi connectivity index (χ4v) is 6.22. The molecule has 0 spiro atoms. The van der Waals surface area contributed by atoms with Crippen molar-refractivity contribution in [1.29, 1.82) is 0 Å². The van der Waals surface area contributed by atoms with Gasteiger partial charge < -0.3 is 4.84 Å². The highest BCUT2D eigenvalue weighted by Crippen LogP contribution is 2.28. The maximum Gasteiger partial charge on any atom is 0.268 e. The first kappa shape index (κ1) is 24.6. The molecule has 0 amide bonds. The van der Waals surface area contributed by atoms with E-state index in [1.165, 1.54) is 11.1 Å². The fourth-order valence-electron chi connectivity index (χ4n) is 3.91. The van der Waals surface area contributed by atoms with Crippen molar-refractivity contribution in [1.82, 2.24) is 8.69 Å². The zero-order chi connectivity index (χ0) is 25.2. The largest absolute Gasteiger partial charge is 0.399 e. The van der Waals surface area contributed by atoms with E-state index < -0.39 is 26.1 Å². The van der Waals surface area contributed by atoms with Gasteiger partial charge in [0.1, 0.15) is 12.8 Å². The Kier molecular flexibility index (Phi) is 6.79. The Morgan fingerprint density at radius 2 is 1.54 bits per heavy atom. The van der Waals surface area contributed by atoms with E-state index in [0.717, 1.165) is 17.2 Å². The molecule has 0 bridgehead atoms. The molecule has 0 radical (unpaired) electrons. The number of aromatic nitrogens is 1. The van der Waals surface area contributed by atoms with Crippen LogP contribution in [-0.2, 0) is 24.9 Å². The summed E-state index contributed by atoms with van der Waals surface area (Å²) in [7, 11) is -5.95. The fraction of sp³-hybridized carbons (Fsp3) is 0.160. The summed E-state index contributed by atoms with van der Waals surface area (Å²) in [6, 6.07) is 23.8. The van der Waals surface area contributed by atoms with Crippen molar-refractivity contribution in [2.24, 2.45) is 5.16 Å². The molecule has 1 atom stereocenters. The lowest BCUT2D eigenvalue weighted by Gasteiger charge is -2.15. The zero-order valence-corrected chi connectivity index (χ0v) is 21.0. The van der Waals surface area contributed by atoms with Crippen LogP contribution in [0.5, 0.6) is 0 Å². The number of benzene rings is 3. The summed E-state index contributed by atoms with van der Waals surface area (Å²) < 4.78 is 54.5. The first-order valence-corrected chi connectivity index (χ1v) is 14.1. The van der Waals surface area contributed by atoms with Gasteiger partial charge in [0.05, 0.1) is 22.4 Å². The lowest BCUT2D eigenvalue weighted by atomic mass is 10.0. The maximum atomic E-state index is 13.7. The second-order valence-electron chi connectivity index (χ2n) is 8.03. The smallest absolute Gasteiger partial charge is 0.268 e. The van der Waals surface area contributed by atoms with Crippen molar-refractivity contribution in [2.45, 2.75) is 17.9 Å². The molecule has 0 aliphatic carbocycles. The number of nitrogens with one attached hydrogen (secondary N) is 1. The Hall–Kier alpha value is -3.47. The van der Waals surface area contributed by atoms with E-state index >= 15 is 0 Å². The Morgan fingerprint density at radius 3 is 2.17 bits per heavy atom. The summed E-state index contributed by atoms with van der Waals surface area (Å²) in [5.41, 5.74) is 2.52. The number of para-hydroxylation sites is 1. The number of nitrogens with zero attached hydrogens (tertiary/aromatic N) is 2. The zero-order valence-electron chi connectivity index (χ0n) is 19.4. The molecular formula is C25H25N3O5S2. The molecule has 1 N–H and O–H groups in total. The van der Waals surface area contributed by atoms with Crippen molar-refractivity contribution in [3.05, 3.63) is 102 Å². The molecule has 0 fully saturated rings. The van der Waals surface area contributed by atoms with E-state index in [1.807, 2.05) is 12.1 Å². The number of rotatable bonds is 8. The van der Waals surface area contributed by atoms with Crippen LogP contribution in [0.3, 0.4) is 0 Å². The third kappa shape index (κ3) is 5.14. The van der Waals surface area contributed by atoms with E-state index in [4.69, 9.17) is 4.84 Å². The van der Waals surface area contributed by atoms with Crippen molar-refractivity contribution >= 4 is 36.7 Å². The van der Waals surface area contributed by atoms with Gasteiger partial charge in [-0.05, 0) is 36.8 Å². The van der Waals surface area contributed by atoms with Crippen LogP contribution >= 0.6 is 0 Å². The third-order valence-corrected chi connectivity index (χ3v) is 7.97. The SMILES string of the molecule is CO/N=C(\c1ccc(C(C)NS(C)(=O)=O)cc1)c1cc2ccccc2n1S(=O)(=O)c1ccccc1. The highest BCUT2D eigenvalue weighted by molar-refractivity contribution is 7.90. The van der Waals surface area contributed by atoms with Crippen molar-refractivity contribution < 1.29 is 21.7 Å². The summed E-state index contributed by atoms with van der Waals surface area (Å²) in [6.45, 7) is 1.74. The minimum absolute atomic E-state index is 0.149. The molecule has 10 heteroatoms. The van der Waals surface area contributed by atoms with Crippen LogP contribution in [0.1, 0.15) is 29.8 Å². The molecule has 1 heterocycles. The molecule has 0 saturated heterocycles. The van der Waals surface area contributed by atoms with Gasteiger partial charge >= 0.3 is 0 Å². The predicted molar refractivity (Wildman–Crippen MR) is 136 cm³/mol. The Morgan fingerprint density at radius 1 is 0.914 bits per heavy atom. The first-order valence-electron chi connectivity index (χ1n) is 10.7. The standard InChI is InChI=1S/C25H25N3O5S2/c1-18(27-34(3,29)30)19-13-15-20(16-14-19)25(26-33-2)24-17-21-9-7-8-12-23(21)28(24)35(31,32)22-10-5-4-6-11-22/h4-18,27H,1-3H3/b26-25+. The number of fused-ring (bicyclic) bond motifs is 1. The van der Waals surface area contributed by atoms with Crippen LogP contribution in [-0.4, -0.2) is 39.9 Å². The topological polar surface area (TPSA) is 107 Å². The lowest BCUT2D eigenvalue weighted by Crippen LogP contribution is -2.25. The molecule has 35 heavy (non-hydrogen) atoms. The van der Waals surface area contributed by atoms with Gasteiger partial charge in [0.2, 0.25) is 10.0 Å². The average Bonchev–Trinajstić information content (AvgIpc) is 3.22. The number of oxime groups is 1. The van der Waals surface area contributed by atoms with Gasteiger partial charge in [0, 0.05) is 17.0 Å². The Labute approximate surface area is 205 Å². The third-order valence-electron chi connectivity index (χ3n) is 5.45. The number of sulfonamides is 1. The quantitative estimate of drug-likeness (QED) is 0.285. The van der Waals surface area contributed by atoms with E-state index in [-0.39, 0.29) is 4.90 Å². The van der Waals surface area contributed by atoms with E-state index in [2.05, 4.69) is 9.88 Å². The molecule has 1 aromatic heterocycles. The minimum atomic E-state index is -3.96. The monoisotopic (exact) mass is 511 g/mol. The average molecular weight is 512 g/mol. The van der Waals surface area contributed by atoms with Gasteiger partial charge in [-0.25, -0.2) is 25.5 Å². The van der Waals surface area contributed by atoms with Crippen LogP contribution in [0.2, 0.25) is 0 Å². The van der Waals surface area contributed by atoms with Gasteiger partial charge in [0.15, 0.2) is 0 Å². The molecule has 0 aliphatic heterocycles. The van der Waals surface area contributed by atoms with Crippen LogP contribution in [0, 0.1) is 0 Å². The minimum Gasteiger partial charge on any atom is -0.399 e. The normalized spacial score (nSPS) is 13.6. The second kappa shape index (κ2) is 9.65. The number of hydrogen-bond donors (Lipinski definition) is 1. The predicted octanol–water partition coefficient (Wildman–Crippen LogP) is 3.89. The first-order chi connectivity index (χ1) is 16.6. The Balaban J connectivity index is 1.87. The highest BCUT2D eigenvalue weighted by Gasteiger charge is 2.26. The highest BCUT2D eigenvalue weighted by atomic mass is 32.2. The van der Waals surface area contributed by atoms with Gasteiger partial charge in [-0.1, -0.05) is 65.8 Å². The van der Waals surface area contributed by atoms with Crippen molar-refractivity contribution in [3.63, 3.8) is 0 Å². The molecule has 0 aliphatic rings. The molecule has 1 unspecified atom stereocenters. The number of hydrogen-bond acceptors (Lipinski definition) is 6. The summed E-state index contributed by atoms with van der Waals surface area (Å²) >= 11 is 0. The molecule has 3 aromatic carbocycles. The lowest BCUT2D eigenvalue weighted by molar-refractivity contribution is 0.214. The molecular weight excluding hydrogens is 486 g/mol.